The minimum absolute atomic E-state index is 0.0574. The summed E-state index contributed by atoms with van der Waals surface area (Å²) >= 11 is 0. The summed E-state index contributed by atoms with van der Waals surface area (Å²) in [5.74, 6) is -1.64. The van der Waals surface area contributed by atoms with Crippen molar-refractivity contribution in [3.8, 4) is 11.5 Å². The normalized spacial score (nSPS) is 22.0. The van der Waals surface area contributed by atoms with Crippen LogP contribution in [-0.4, -0.2) is 134 Å². The fourth-order valence-electron chi connectivity index (χ4n) is 9.18. The van der Waals surface area contributed by atoms with E-state index in [1.807, 2.05) is 107 Å². The van der Waals surface area contributed by atoms with Crippen molar-refractivity contribution < 1.29 is 75.6 Å². The number of carbonyl (C=O) groups excluding carboxylic acids is 4. The van der Waals surface area contributed by atoms with Crippen molar-refractivity contribution in [2.45, 2.75) is 142 Å². The van der Waals surface area contributed by atoms with Gasteiger partial charge in [0.15, 0.2) is 24.6 Å². The molecule has 3 heterocycles. The molecule has 0 aliphatic carbocycles. The van der Waals surface area contributed by atoms with Crippen LogP contribution in [0.2, 0.25) is 0 Å². The zero-order chi connectivity index (χ0) is 55.3. The van der Waals surface area contributed by atoms with E-state index in [4.69, 9.17) is 56.4 Å². The summed E-state index contributed by atoms with van der Waals surface area (Å²) in [4.78, 5) is 77.4. The molecule has 2 aliphatic heterocycles. The van der Waals surface area contributed by atoms with Crippen molar-refractivity contribution in [1.29, 1.82) is 0 Å². The standard InChI is InChI=1S/C54H70N3O18P/c1-32(2)57(33(3)4)76(69-27-15-26-66-52-50(72-38(9)61)49(71-37(8)60)48(70-36(7)59)46(74-52)30-67-35(6)58)75-44-28-47(56-29-34(5)51(62)55-53(56)63)73-45(44)31-68-54(39-16-13-12-14-17-39,40-18-22-42(64-10)23-19-40)41-20-24-43(65-11)25-21-41/h12-14,16-25,29,32-33,44-50,52H,15,26-28,30-31H2,1-11H3,(H,55,62,63)/t44-,45+,46+,47+,48+,49-,50+,52+,76?/m0/s1. The molecule has 3 aromatic carbocycles. The molecule has 2 aliphatic rings. The first-order chi connectivity index (χ1) is 36.2. The third-order valence-electron chi connectivity index (χ3n) is 12.5. The molecule has 22 heteroatoms. The van der Waals surface area contributed by atoms with Gasteiger partial charge in [0.05, 0.1) is 40.1 Å². The molecular weight excluding hydrogens is 1010 g/mol. The van der Waals surface area contributed by atoms with Gasteiger partial charge in [-0.3, -0.25) is 33.5 Å². The van der Waals surface area contributed by atoms with Crippen molar-refractivity contribution in [3.63, 3.8) is 0 Å². The number of nitrogens with zero attached hydrogens (tertiary/aromatic N) is 2. The van der Waals surface area contributed by atoms with Gasteiger partial charge < -0.3 is 56.4 Å². The monoisotopic (exact) mass is 1080 g/mol. The maximum atomic E-state index is 13.5. The molecule has 1 N–H and O–H groups in total. The fourth-order valence-corrected chi connectivity index (χ4v) is 11.0. The number of benzene rings is 3. The minimum Gasteiger partial charge on any atom is -0.497 e. The number of esters is 4. The van der Waals surface area contributed by atoms with Crippen LogP contribution in [0.25, 0.3) is 0 Å². The molecule has 0 bridgehead atoms. The van der Waals surface area contributed by atoms with E-state index in [1.54, 1.807) is 21.1 Å². The second kappa shape index (κ2) is 27.3. The van der Waals surface area contributed by atoms with E-state index >= 15 is 0 Å². The number of aryl methyl sites for hydroxylation is 1. The minimum atomic E-state index is -1.92. The van der Waals surface area contributed by atoms with Crippen LogP contribution < -0.4 is 20.7 Å². The molecule has 1 unspecified atom stereocenters. The summed E-state index contributed by atoms with van der Waals surface area (Å²) in [7, 11) is 1.28. The lowest BCUT2D eigenvalue weighted by Crippen LogP contribution is -2.63. The predicted molar refractivity (Wildman–Crippen MR) is 275 cm³/mol. The molecule has 2 saturated heterocycles. The number of aromatic nitrogens is 2. The number of H-pyrrole nitrogens is 1. The van der Waals surface area contributed by atoms with Crippen LogP contribution in [-0.2, 0) is 71.7 Å². The van der Waals surface area contributed by atoms with Crippen molar-refractivity contribution in [3.05, 3.63) is 128 Å². The Labute approximate surface area is 443 Å². The molecule has 6 rings (SSSR count). The van der Waals surface area contributed by atoms with Gasteiger partial charge in [0.2, 0.25) is 0 Å². The third kappa shape index (κ3) is 14.9. The molecule has 0 radical (unpaired) electrons. The molecule has 4 aromatic rings. The van der Waals surface area contributed by atoms with Gasteiger partial charge in [-0.25, -0.2) is 9.46 Å². The number of carbonyl (C=O) groups is 4. The smallest absolute Gasteiger partial charge is 0.330 e. The Morgan fingerprint density at radius 1 is 0.711 bits per heavy atom. The zero-order valence-corrected chi connectivity index (χ0v) is 45.7. The number of ether oxygens (including phenoxy) is 10. The summed E-state index contributed by atoms with van der Waals surface area (Å²) in [6, 6.07) is 24.8. The Kier molecular flexibility index (Phi) is 21.3. The van der Waals surface area contributed by atoms with Crippen LogP contribution >= 0.6 is 8.53 Å². The van der Waals surface area contributed by atoms with Gasteiger partial charge in [0.1, 0.15) is 42.1 Å². The number of methoxy groups -OCH3 is 2. The van der Waals surface area contributed by atoms with Crippen molar-refractivity contribution in [2.24, 2.45) is 0 Å². The van der Waals surface area contributed by atoms with Gasteiger partial charge in [-0.2, -0.15) is 0 Å². The summed E-state index contributed by atoms with van der Waals surface area (Å²) in [6.45, 7) is 13.8. The highest BCUT2D eigenvalue weighted by Gasteiger charge is 2.53. The average Bonchev–Trinajstić information content (AvgIpc) is 3.78. The van der Waals surface area contributed by atoms with E-state index in [0.717, 1.165) is 37.5 Å². The molecule has 21 nitrogen and oxygen atoms in total. The number of nitrogens with one attached hydrogen (secondary N) is 1. The van der Waals surface area contributed by atoms with E-state index < -0.39 is 105 Å². The van der Waals surface area contributed by atoms with Crippen LogP contribution in [0.3, 0.4) is 0 Å². The molecule has 76 heavy (non-hydrogen) atoms. The largest absolute Gasteiger partial charge is 0.497 e. The van der Waals surface area contributed by atoms with Crippen LogP contribution in [0.1, 0.15) is 96.7 Å². The van der Waals surface area contributed by atoms with E-state index in [1.165, 1.54) is 17.7 Å². The second-order valence-electron chi connectivity index (χ2n) is 18.7. The lowest BCUT2D eigenvalue weighted by molar-refractivity contribution is -0.308. The van der Waals surface area contributed by atoms with Crippen LogP contribution in [0.5, 0.6) is 11.5 Å². The van der Waals surface area contributed by atoms with Gasteiger partial charge >= 0.3 is 29.6 Å². The molecule has 1 aromatic heterocycles. The lowest BCUT2D eigenvalue weighted by atomic mass is 9.80. The Hall–Kier alpha value is -6.03. The first-order valence-electron chi connectivity index (χ1n) is 25.0. The number of hydrogen-bond donors (Lipinski definition) is 1. The summed E-state index contributed by atoms with van der Waals surface area (Å²) < 4.78 is 76.6. The van der Waals surface area contributed by atoms with Crippen LogP contribution in [0, 0.1) is 6.92 Å². The second-order valence-corrected chi connectivity index (χ2v) is 20.1. The van der Waals surface area contributed by atoms with Crippen molar-refractivity contribution >= 4 is 32.4 Å². The van der Waals surface area contributed by atoms with Gasteiger partial charge in [0, 0.05) is 58.0 Å². The molecule has 414 valence electrons. The van der Waals surface area contributed by atoms with E-state index in [2.05, 4.69) is 9.65 Å². The topological polar surface area (TPSA) is 237 Å². The highest BCUT2D eigenvalue weighted by atomic mass is 31.2. The maximum absolute atomic E-state index is 13.5. The molecular formula is C54H70N3O18P. The summed E-state index contributed by atoms with van der Waals surface area (Å²) in [5, 5.41) is 0. The van der Waals surface area contributed by atoms with Crippen molar-refractivity contribution in [2.75, 3.05) is 40.6 Å². The molecule has 0 saturated carbocycles. The van der Waals surface area contributed by atoms with Crippen molar-refractivity contribution in [1.82, 2.24) is 14.2 Å². The Morgan fingerprint density at radius 3 is 1.80 bits per heavy atom. The fraction of sp³-hybridized carbons (Fsp3) is 0.519. The molecule has 0 amide bonds. The maximum Gasteiger partial charge on any atom is 0.330 e. The Balaban J connectivity index is 1.31. The van der Waals surface area contributed by atoms with E-state index in [9.17, 15) is 28.8 Å². The summed E-state index contributed by atoms with van der Waals surface area (Å²) in [6.07, 6.45) is -7.35. The number of aromatic amines is 1. The third-order valence-corrected chi connectivity index (χ3v) is 14.6. The zero-order valence-electron chi connectivity index (χ0n) is 44.8. The number of hydrogen-bond acceptors (Lipinski definition) is 19. The molecule has 0 spiro atoms. The first-order valence-corrected chi connectivity index (χ1v) is 26.1. The Bertz CT molecular complexity index is 2610. The van der Waals surface area contributed by atoms with Gasteiger partial charge in [-0.1, -0.05) is 54.6 Å². The van der Waals surface area contributed by atoms with Gasteiger partial charge in [0.25, 0.3) is 14.1 Å². The van der Waals surface area contributed by atoms with Gasteiger partial charge in [-0.05, 0) is 82.0 Å². The quantitative estimate of drug-likeness (QED) is 0.0249. The number of rotatable bonds is 25. The van der Waals surface area contributed by atoms with Crippen LogP contribution in [0.4, 0.5) is 0 Å². The highest BCUT2D eigenvalue weighted by Crippen LogP contribution is 2.51. The van der Waals surface area contributed by atoms with E-state index in [-0.39, 0.29) is 44.7 Å². The Morgan fingerprint density at radius 2 is 1.26 bits per heavy atom. The SMILES string of the molecule is COc1ccc(C(OC[C@H]2O[C@@H](n3cc(C)c(=O)[nH]c3=O)C[C@@H]2OP(OCCCO[C@@H]2O[C@H](COC(C)=O)[C@@H](OC(C)=O)[C@H](OC(C)=O)[C@H]2OC(C)=O)N(C(C)C)C(C)C)(c2ccccc2)c2ccc(OC)cc2)cc1. The molecule has 2 fully saturated rings. The van der Waals surface area contributed by atoms with Gasteiger partial charge in [-0.15, -0.1) is 0 Å². The summed E-state index contributed by atoms with van der Waals surface area (Å²) in [5.41, 5.74) is 0.280. The molecule has 9 atom stereocenters. The van der Waals surface area contributed by atoms with E-state index in [0.29, 0.717) is 17.1 Å². The highest BCUT2D eigenvalue weighted by molar-refractivity contribution is 7.44. The first kappa shape index (κ1) is 59.2. The lowest BCUT2D eigenvalue weighted by Gasteiger charge is -2.44. The average molecular weight is 1080 g/mol. The van der Waals surface area contributed by atoms with Crippen LogP contribution in [0.15, 0.2) is 94.6 Å². The predicted octanol–water partition coefficient (Wildman–Crippen LogP) is 6.40.